The van der Waals surface area contributed by atoms with E-state index in [-0.39, 0.29) is 11.7 Å². The number of aromatic nitrogens is 4. The summed E-state index contributed by atoms with van der Waals surface area (Å²) in [5, 5.41) is 2.76. The summed E-state index contributed by atoms with van der Waals surface area (Å²) in [4.78, 5) is 25.1. The van der Waals surface area contributed by atoms with Gasteiger partial charge in [-0.1, -0.05) is 0 Å². The first-order valence-corrected chi connectivity index (χ1v) is 9.48. The fourth-order valence-electron chi connectivity index (χ4n) is 2.68. The molecule has 0 atom stereocenters. The second-order valence-electron chi connectivity index (χ2n) is 6.14. The number of hydrogen-bond acceptors (Lipinski definition) is 6. The van der Waals surface area contributed by atoms with Crippen LogP contribution in [0.2, 0.25) is 0 Å². The van der Waals surface area contributed by atoms with Crippen LogP contribution in [0.4, 0.5) is 5.69 Å². The highest BCUT2D eigenvalue weighted by Gasteiger charge is 2.11. The second kappa shape index (κ2) is 7.88. The normalized spacial score (nSPS) is 10.7. The lowest BCUT2D eigenvalue weighted by molar-refractivity contribution is 0.0995. The molecule has 4 aromatic rings. The average molecular weight is 454 g/mol. The Morgan fingerprint density at radius 3 is 2.59 bits per heavy atom. The first-order valence-electron chi connectivity index (χ1n) is 8.68. The predicted molar refractivity (Wildman–Crippen MR) is 110 cm³/mol. The number of anilines is 1. The summed E-state index contributed by atoms with van der Waals surface area (Å²) in [6, 6.07) is 12.0. The quantitative estimate of drug-likeness (QED) is 0.471. The molecule has 0 bridgehead atoms. The van der Waals surface area contributed by atoms with E-state index in [0.717, 1.165) is 5.82 Å². The van der Waals surface area contributed by atoms with E-state index in [1.165, 1.54) is 0 Å². The molecule has 9 heteroatoms. The van der Waals surface area contributed by atoms with Gasteiger partial charge in [-0.3, -0.25) is 9.36 Å². The number of nitrogens with zero attached hydrogens (tertiary/aromatic N) is 4. The number of nitrogens with one attached hydrogen (secondary N) is 1. The predicted octanol–water partition coefficient (Wildman–Crippen LogP) is 4.68. The lowest BCUT2D eigenvalue weighted by atomic mass is 10.3. The van der Waals surface area contributed by atoms with E-state index in [2.05, 4.69) is 36.2 Å². The Morgan fingerprint density at radius 2 is 1.93 bits per heavy atom. The molecule has 0 fully saturated rings. The molecule has 0 saturated heterocycles. The van der Waals surface area contributed by atoms with Crippen LogP contribution in [0, 0.1) is 13.8 Å². The van der Waals surface area contributed by atoms with Crippen molar-refractivity contribution in [2.75, 3.05) is 5.32 Å². The molecule has 3 heterocycles. The van der Waals surface area contributed by atoms with Crippen molar-refractivity contribution in [1.29, 1.82) is 0 Å². The fourth-order valence-corrected chi connectivity index (χ4v) is 2.98. The Labute approximate surface area is 174 Å². The van der Waals surface area contributed by atoms with Crippen LogP contribution < -0.4 is 10.1 Å². The third-order valence-corrected chi connectivity index (χ3v) is 4.43. The third kappa shape index (κ3) is 4.35. The molecule has 1 aromatic carbocycles. The molecule has 0 radical (unpaired) electrons. The number of aryl methyl sites for hydroxylation is 2. The minimum Gasteiger partial charge on any atom is -0.444 e. The van der Waals surface area contributed by atoms with Gasteiger partial charge in [0.1, 0.15) is 23.2 Å². The lowest BCUT2D eigenvalue weighted by Crippen LogP contribution is -2.10. The van der Waals surface area contributed by atoms with Gasteiger partial charge >= 0.3 is 0 Å². The van der Waals surface area contributed by atoms with Crippen LogP contribution in [0.5, 0.6) is 11.6 Å². The number of rotatable bonds is 5. The SMILES string of the molecule is Cc1nc(Oc2ccc(NC(=O)c3ccc(Br)o3)cc2)cc(-n2ccnc2C)n1. The summed E-state index contributed by atoms with van der Waals surface area (Å²) in [5.41, 5.74) is 0.614. The molecule has 0 unspecified atom stereocenters. The smallest absolute Gasteiger partial charge is 0.291 e. The summed E-state index contributed by atoms with van der Waals surface area (Å²) in [7, 11) is 0. The van der Waals surface area contributed by atoms with Crippen molar-refractivity contribution in [3.05, 3.63) is 76.9 Å². The zero-order valence-electron chi connectivity index (χ0n) is 15.6. The van der Waals surface area contributed by atoms with Gasteiger partial charge in [-0.2, -0.15) is 4.98 Å². The number of ether oxygens (including phenoxy) is 1. The van der Waals surface area contributed by atoms with Gasteiger partial charge in [-0.15, -0.1) is 0 Å². The fraction of sp³-hybridized carbons (Fsp3) is 0.100. The van der Waals surface area contributed by atoms with Crippen molar-refractivity contribution >= 4 is 27.5 Å². The summed E-state index contributed by atoms with van der Waals surface area (Å²) >= 11 is 3.17. The Morgan fingerprint density at radius 1 is 1.14 bits per heavy atom. The standard InChI is InChI=1S/C20H16BrN5O3/c1-12-23-18(26-10-9-22-13(26)2)11-19(24-12)28-15-5-3-14(4-6-15)25-20(27)16-7-8-17(21)29-16/h3-11H,1-2H3,(H,25,27). The maximum absolute atomic E-state index is 12.1. The van der Waals surface area contributed by atoms with E-state index in [0.29, 0.717) is 33.6 Å². The van der Waals surface area contributed by atoms with Crippen LogP contribution >= 0.6 is 15.9 Å². The molecule has 3 aromatic heterocycles. The van der Waals surface area contributed by atoms with Crippen molar-refractivity contribution in [3.63, 3.8) is 0 Å². The van der Waals surface area contributed by atoms with Crippen molar-refractivity contribution in [2.45, 2.75) is 13.8 Å². The van der Waals surface area contributed by atoms with Gasteiger partial charge in [0, 0.05) is 24.1 Å². The monoisotopic (exact) mass is 453 g/mol. The van der Waals surface area contributed by atoms with Gasteiger partial charge in [-0.05, 0) is 66.2 Å². The summed E-state index contributed by atoms with van der Waals surface area (Å²) < 4.78 is 13.5. The molecule has 1 N–H and O–H groups in total. The molecule has 8 nitrogen and oxygen atoms in total. The van der Waals surface area contributed by atoms with E-state index in [1.807, 2.05) is 17.7 Å². The van der Waals surface area contributed by atoms with E-state index in [1.54, 1.807) is 55.6 Å². The van der Waals surface area contributed by atoms with Crippen LogP contribution in [0.15, 0.2) is 63.9 Å². The largest absolute Gasteiger partial charge is 0.444 e. The van der Waals surface area contributed by atoms with Gasteiger partial charge in [0.2, 0.25) is 5.88 Å². The Hall–Kier alpha value is -3.46. The molecule has 146 valence electrons. The summed E-state index contributed by atoms with van der Waals surface area (Å²) in [6.45, 7) is 3.70. The van der Waals surface area contributed by atoms with E-state index >= 15 is 0 Å². The number of hydrogen-bond donors (Lipinski definition) is 1. The number of amides is 1. The molecule has 0 aliphatic rings. The minimum absolute atomic E-state index is 0.219. The van der Waals surface area contributed by atoms with Gasteiger partial charge in [0.05, 0.1) is 0 Å². The first kappa shape index (κ1) is 18.9. The molecule has 1 amide bonds. The number of furan rings is 1. The molecular formula is C20H16BrN5O3. The number of imidazole rings is 1. The van der Waals surface area contributed by atoms with Crippen molar-refractivity contribution in [1.82, 2.24) is 19.5 Å². The van der Waals surface area contributed by atoms with Crippen molar-refractivity contribution < 1.29 is 13.9 Å². The van der Waals surface area contributed by atoms with Crippen LogP contribution in [0.1, 0.15) is 22.2 Å². The molecule has 0 aliphatic carbocycles. The third-order valence-electron chi connectivity index (χ3n) is 4.01. The van der Waals surface area contributed by atoms with Gasteiger partial charge in [0.15, 0.2) is 10.4 Å². The highest BCUT2D eigenvalue weighted by atomic mass is 79.9. The Kier molecular flexibility index (Phi) is 5.13. The van der Waals surface area contributed by atoms with Crippen molar-refractivity contribution in [3.8, 4) is 17.4 Å². The number of halogens is 1. The number of benzene rings is 1. The maximum Gasteiger partial charge on any atom is 0.291 e. The van der Waals surface area contributed by atoms with Crippen LogP contribution in [0.3, 0.4) is 0 Å². The minimum atomic E-state index is -0.337. The lowest BCUT2D eigenvalue weighted by Gasteiger charge is -2.10. The topological polar surface area (TPSA) is 95.1 Å². The maximum atomic E-state index is 12.1. The molecule has 0 saturated carbocycles. The Bertz CT molecular complexity index is 1170. The summed E-state index contributed by atoms with van der Waals surface area (Å²) in [6.07, 6.45) is 3.54. The summed E-state index contributed by atoms with van der Waals surface area (Å²) in [5.74, 6) is 2.95. The highest BCUT2D eigenvalue weighted by molar-refractivity contribution is 9.10. The van der Waals surface area contributed by atoms with E-state index in [9.17, 15) is 4.79 Å². The zero-order chi connectivity index (χ0) is 20.4. The molecule has 29 heavy (non-hydrogen) atoms. The van der Waals surface area contributed by atoms with Gasteiger partial charge in [0.25, 0.3) is 5.91 Å². The highest BCUT2D eigenvalue weighted by Crippen LogP contribution is 2.24. The second-order valence-corrected chi connectivity index (χ2v) is 6.92. The molecule has 4 rings (SSSR count). The van der Waals surface area contributed by atoms with Crippen molar-refractivity contribution in [2.24, 2.45) is 0 Å². The van der Waals surface area contributed by atoms with Gasteiger partial charge in [-0.25, -0.2) is 9.97 Å². The van der Waals surface area contributed by atoms with Crippen LogP contribution in [-0.2, 0) is 0 Å². The van der Waals surface area contributed by atoms with E-state index in [4.69, 9.17) is 9.15 Å². The van der Waals surface area contributed by atoms with Crippen LogP contribution in [0.25, 0.3) is 5.82 Å². The molecule has 0 aliphatic heterocycles. The van der Waals surface area contributed by atoms with E-state index < -0.39 is 0 Å². The molecular weight excluding hydrogens is 438 g/mol. The Balaban J connectivity index is 1.48. The zero-order valence-corrected chi connectivity index (χ0v) is 17.2. The average Bonchev–Trinajstić information content (AvgIpc) is 3.31. The van der Waals surface area contributed by atoms with Gasteiger partial charge < -0.3 is 14.5 Å². The number of carbonyl (C=O) groups excluding carboxylic acids is 1. The first-order chi connectivity index (χ1) is 14.0. The number of carbonyl (C=O) groups is 1. The molecule has 0 spiro atoms. The van der Waals surface area contributed by atoms with Crippen LogP contribution in [-0.4, -0.2) is 25.4 Å².